The van der Waals surface area contributed by atoms with Gasteiger partial charge >= 0.3 is 0 Å². The molecule has 2 aliphatic rings. The van der Waals surface area contributed by atoms with Gasteiger partial charge in [-0.05, 0) is 19.8 Å². The third kappa shape index (κ3) is 1.17. The molecule has 2 nitrogen and oxygen atoms in total. The lowest BCUT2D eigenvalue weighted by molar-refractivity contribution is -0.115. The van der Waals surface area contributed by atoms with Crippen LogP contribution in [-0.2, 0) is 9.53 Å². The maximum absolute atomic E-state index is 11.0. The fourth-order valence-corrected chi connectivity index (χ4v) is 1.85. The summed E-state index contributed by atoms with van der Waals surface area (Å²) >= 11 is 0. The number of allylic oxidation sites excluding steroid dienone is 2. The number of ketones is 1. The average Bonchev–Trinajstić information content (AvgIpc) is 2.27. The molecule has 1 fully saturated rings. The van der Waals surface area contributed by atoms with Crippen LogP contribution in [-0.4, -0.2) is 11.9 Å². The first kappa shape index (κ1) is 6.89. The Balaban J connectivity index is 2.20. The van der Waals surface area contributed by atoms with E-state index in [0.717, 1.165) is 18.6 Å². The van der Waals surface area contributed by atoms with Gasteiger partial charge < -0.3 is 4.74 Å². The molecule has 2 heteroatoms. The number of rotatable bonds is 0. The standard InChI is InChI=1S/C9H12O2/c1-6-4-7-2-3-8(10)5-9(7)11-6/h5-7H,2-4H2,1H3/t6-,7+/m0/s1. The number of carbonyl (C=O) groups is 1. The molecule has 1 aliphatic heterocycles. The van der Waals surface area contributed by atoms with Crippen LogP contribution in [0.2, 0.25) is 0 Å². The molecule has 0 bridgehead atoms. The van der Waals surface area contributed by atoms with Crippen molar-refractivity contribution >= 4 is 5.78 Å². The van der Waals surface area contributed by atoms with Crippen LogP contribution in [0.5, 0.6) is 0 Å². The van der Waals surface area contributed by atoms with Gasteiger partial charge in [-0.3, -0.25) is 4.79 Å². The van der Waals surface area contributed by atoms with E-state index in [1.807, 2.05) is 0 Å². The predicted octanol–water partition coefficient (Wildman–Crippen LogP) is 1.66. The lowest BCUT2D eigenvalue weighted by Crippen LogP contribution is -2.09. The average molecular weight is 152 g/mol. The highest BCUT2D eigenvalue weighted by atomic mass is 16.5. The van der Waals surface area contributed by atoms with Gasteiger partial charge in [0.1, 0.15) is 5.76 Å². The Hall–Kier alpha value is -0.790. The number of carbonyl (C=O) groups excluding carboxylic acids is 1. The summed E-state index contributed by atoms with van der Waals surface area (Å²) in [6, 6.07) is 0. The van der Waals surface area contributed by atoms with E-state index in [0.29, 0.717) is 18.4 Å². The molecule has 1 aliphatic carbocycles. The van der Waals surface area contributed by atoms with E-state index >= 15 is 0 Å². The van der Waals surface area contributed by atoms with Gasteiger partial charge in [-0.1, -0.05) is 0 Å². The molecule has 0 aromatic heterocycles. The topological polar surface area (TPSA) is 26.3 Å². The highest BCUT2D eigenvalue weighted by Gasteiger charge is 2.31. The molecule has 1 saturated heterocycles. The summed E-state index contributed by atoms with van der Waals surface area (Å²) in [5.41, 5.74) is 0. The van der Waals surface area contributed by atoms with Crippen LogP contribution in [0.4, 0.5) is 0 Å². The fraction of sp³-hybridized carbons (Fsp3) is 0.667. The quantitative estimate of drug-likeness (QED) is 0.527. The lowest BCUT2D eigenvalue weighted by atomic mass is 9.91. The van der Waals surface area contributed by atoms with Crippen LogP contribution < -0.4 is 0 Å². The second-order valence-corrected chi connectivity index (χ2v) is 3.41. The zero-order valence-corrected chi connectivity index (χ0v) is 6.67. The Morgan fingerprint density at radius 3 is 3.27 bits per heavy atom. The first-order valence-electron chi connectivity index (χ1n) is 4.17. The molecule has 1 heterocycles. The molecule has 0 saturated carbocycles. The van der Waals surface area contributed by atoms with E-state index in [1.54, 1.807) is 6.08 Å². The van der Waals surface area contributed by atoms with Crippen molar-refractivity contribution in [2.24, 2.45) is 5.92 Å². The maximum Gasteiger partial charge on any atom is 0.159 e. The summed E-state index contributed by atoms with van der Waals surface area (Å²) in [6.45, 7) is 2.06. The Kier molecular flexibility index (Phi) is 1.48. The molecule has 0 amide bonds. The van der Waals surface area contributed by atoms with Crippen LogP contribution in [0.25, 0.3) is 0 Å². The first-order valence-corrected chi connectivity index (χ1v) is 4.17. The summed E-state index contributed by atoms with van der Waals surface area (Å²) in [7, 11) is 0. The van der Waals surface area contributed by atoms with Gasteiger partial charge in [-0.25, -0.2) is 0 Å². The molecule has 11 heavy (non-hydrogen) atoms. The normalized spacial score (nSPS) is 36.1. The van der Waals surface area contributed by atoms with Crippen LogP contribution >= 0.6 is 0 Å². The Labute approximate surface area is 66.2 Å². The SMILES string of the molecule is C[C@H]1C[C@H]2CCC(=O)C=C2O1. The minimum Gasteiger partial charge on any atom is -0.495 e. The van der Waals surface area contributed by atoms with Crippen LogP contribution in [0, 0.1) is 5.92 Å². The Bertz CT molecular complexity index is 218. The molecule has 0 N–H and O–H groups in total. The Morgan fingerprint density at radius 2 is 2.45 bits per heavy atom. The molecule has 2 atom stereocenters. The van der Waals surface area contributed by atoms with Crippen LogP contribution in [0.15, 0.2) is 11.8 Å². The monoisotopic (exact) mass is 152 g/mol. The molecule has 0 aromatic rings. The van der Waals surface area contributed by atoms with Gasteiger partial charge in [0, 0.05) is 18.4 Å². The molecular formula is C9H12O2. The molecule has 0 aromatic carbocycles. The van der Waals surface area contributed by atoms with Crippen molar-refractivity contribution in [1.82, 2.24) is 0 Å². The second kappa shape index (κ2) is 2.36. The molecular weight excluding hydrogens is 140 g/mol. The highest BCUT2D eigenvalue weighted by Crippen LogP contribution is 2.35. The second-order valence-electron chi connectivity index (χ2n) is 3.41. The molecule has 60 valence electrons. The third-order valence-corrected chi connectivity index (χ3v) is 2.40. The zero-order chi connectivity index (χ0) is 7.84. The van der Waals surface area contributed by atoms with Gasteiger partial charge in [0.2, 0.25) is 0 Å². The Morgan fingerprint density at radius 1 is 1.64 bits per heavy atom. The number of hydrogen-bond donors (Lipinski definition) is 0. The molecule has 0 radical (unpaired) electrons. The third-order valence-electron chi connectivity index (χ3n) is 2.40. The van der Waals surface area contributed by atoms with Crippen molar-refractivity contribution < 1.29 is 9.53 Å². The summed E-state index contributed by atoms with van der Waals surface area (Å²) in [5.74, 6) is 1.71. The van der Waals surface area contributed by atoms with Crippen LogP contribution in [0.3, 0.4) is 0 Å². The van der Waals surface area contributed by atoms with Gasteiger partial charge in [-0.2, -0.15) is 0 Å². The van der Waals surface area contributed by atoms with E-state index in [9.17, 15) is 4.79 Å². The van der Waals surface area contributed by atoms with Crippen molar-refractivity contribution in [1.29, 1.82) is 0 Å². The largest absolute Gasteiger partial charge is 0.495 e. The van der Waals surface area contributed by atoms with Gasteiger partial charge in [0.15, 0.2) is 5.78 Å². The summed E-state index contributed by atoms with van der Waals surface area (Å²) in [6.07, 6.45) is 4.80. The minimum atomic E-state index is 0.227. The molecule has 0 unspecified atom stereocenters. The van der Waals surface area contributed by atoms with E-state index in [-0.39, 0.29) is 5.78 Å². The van der Waals surface area contributed by atoms with Crippen molar-refractivity contribution in [3.05, 3.63) is 11.8 Å². The lowest BCUT2D eigenvalue weighted by Gasteiger charge is -2.12. The van der Waals surface area contributed by atoms with Gasteiger partial charge in [0.05, 0.1) is 6.10 Å². The number of hydrogen-bond acceptors (Lipinski definition) is 2. The molecule has 0 spiro atoms. The number of ether oxygens (including phenoxy) is 1. The van der Waals surface area contributed by atoms with E-state index < -0.39 is 0 Å². The van der Waals surface area contributed by atoms with Crippen molar-refractivity contribution in [2.45, 2.75) is 32.3 Å². The van der Waals surface area contributed by atoms with Crippen molar-refractivity contribution in [3.63, 3.8) is 0 Å². The van der Waals surface area contributed by atoms with Crippen molar-refractivity contribution in [2.75, 3.05) is 0 Å². The first-order chi connectivity index (χ1) is 5.25. The summed E-state index contributed by atoms with van der Waals surface area (Å²) in [4.78, 5) is 11.0. The van der Waals surface area contributed by atoms with E-state index in [1.165, 1.54) is 0 Å². The van der Waals surface area contributed by atoms with Gasteiger partial charge in [0.25, 0.3) is 0 Å². The van der Waals surface area contributed by atoms with E-state index in [2.05, 4.69) is 6.92 Å². The molecule has 2 rings (SSSR count). The summed E-state index contributed by atoms with van der Waals surface area (Å²) in [5, 5.41) is 0. The van der Waals surface area contributed by atoms with Gasteiger partial charge in [-0.15, -0.1) is 0 Å². The predicted molar refractivity (Wildman–Crippen MR) is 41.0 cm³/mol. The number of fused-ring (bicyclic) bond motifs is 1. The smallest absolute Gasteiger partial charge is 0.159 e. The minimum absolute atomic E-state index is 0.227. The van der Waals surface area contributed by atoms with E-state index in [4.69, 9.17) is 4.74 Å². The zero-order valence-electron chi connectivity index (χ0n) is 6.67. The fourth-order valence-electron chi connectivity index (χ4n) is 1.85. The van der Waals surface area contributed by atoms with Crippen molar-refractivity contribution in [3.8, 4) is 0 Å². The summed E-state index contributed by atoms with van der Waals surface area (Å²) < 4.78 is 5.48. The van der Waals surface area contributed by atoms with Crippen LogP contribution in [0.1, 0.15) is 26.2 Å². The maximum atomic E-state index is 11.0. The highest BCUT2D eigenvalue weighted by molar-refractivity contribution is 5.91.